The maximum absolute atomic E-state index is 13.5. The molecule has 2 aromatic heterocycles. The summed E-state index contributed by atoms with van der Waals surface area (Å²) in [7, 11) is 0. The summed E-state index contributed by atoms with van der Waals surface area (Å²) in [5.74, 6) is 0.785. The molecule has 0 amide bonds. The lowest BCUT2D eigenvalue weighted by Gasteiger charge is -2.29. The van der Waals surface area contributed by atoms with Crippen molar-refractivity contribution in [1.82, 2.24) is 24.3 Å². The number of hydrogen-bond donors (Lipinski definition) is 3. The van der Waals surface area contributed by atoms with Gasteiger partial charge in [0.05, 0.1) is 22.1 Å². The van der Waals surface area contributed by atoms with Crippen LogP contribution in [0.15, 0.2) is 48.7 Å². The molecule has 10 heteroatoms. The Morgan fingerprint density at radius 2 is 2.13 bits per heavy atom. The molecule has 0 radical (unpaired) electrons. The number of fused-ring (bicyclic) bond motifs is 1. The second-order valence-electron chi connectivity index (χ2n) is 10.2. The molecule has 4 heterocycles. The van der Waals surface area contributed by atoms with Crippen molar-refractivity contribution >= 4 is 34.4 Å². The molecule has 0 spiro atoms. The average Bonchev–Trinajstić information content (AvgIpc) is 3.38. The first-order valence-corrected chi connectivity index (χ1v) is 13.7. The highest BCUT2D eigenvalue weighted by Gasteiger charge is 2.28. The summed E-state index contributed by atoms with van der Waals surface area (Å²) in [4.78, 5) is 13.2. The minimum Gasteiger partial charge on any atom is -0.375 e. The van der Waals surface area contributed by atoms with Crippen LogP contribution in [0.5, 0.6) is 0 Å². The average molecular weight is 540 g/mol. The molecule has 3 N–H and O–H groups in total. The van der Waals surface area contributed by atoms with Gasteiger partial charge in [-0.05, 0) is 56.5 Å². The van der Waals surface area contributed by atoms with E-state index in [1.807, 2.05) is 43.3 Å². The van der Waals surface area contributed by atoms with E-state index >= 15 is 0 Å². The van der Waals surface area contributed by atoms with Crippen LogP contribution >= 0.6 is 11.6 Å². The highest BCUT2D eigenvalue weighted by atomic mass is 35.5. The number of pyridine rings is 1. The van der Waals surface area contributed by atoms with Crippen molar-refractivity contribution in [2.45, 2.75) is 51.0 Å². The normalized spacial score (nSPS) is 22.2. The number of nitrogens with one attached hydrogen (secondary N) is 2. The number of imidazole rings is 1. The van der Waals surface area contributed by atoms with Crippen LogP contribution in [0.25, 0.3) is 11.0 Å². The van der Waals surface area contributed by atoms with E-state index < -0.39 is 12.4 Å². The summed E-state index contributed by atoms with van der Waals surface area (Å²) in [6.07, 6.45) is 7.40. The molecule has 3 aromatic rings. The summed E-state index contributed by atoms with van der Waals surface area (Å²) in [5, 5.41) is 23.6. The highest BCUT2D eigenvalue weighted by Crippen LogP contribution is 2.34. The largest absolute Gasteiger partial charge is 0.375 e. The number of alkyl halides is 1. The Morgan fingerprint density at radius 1 is 1.26 bits per heavy atom. The summed E-state index contributed by atoms with van der Waals surface area (Å²) >= 11 is 6.69. The highest BCUT2D eigenvalue weighted by molar-refractivity contribution is 6.35. The molecule has 0 saturated carbocycles. The van der Waals surface area contributed by atoms with Gasteiger partial charge in [-0.15, -0.1) is 0 Å². The van der Waals surface area contributed by atoms with E-state index in [1.54, 1.807) is 12.3 Å². The number of benzene rings is 1. The van der Waals surface area contributed by atoms with Crippen LogP contribution in [0.1, 0.15) is 43.0 Å². The van der Waals surface area contributed by atoms with Crippen LogP contribution in [-0.4, -0.2) is 80.4 Å². The molecule has 38 heavy (non-hydrogen) atoms. The number of aliphatic hydroxyl groups excluding tert-OH is 1. The van der Waals surface area contributed by atoms with Crippen molar-refractivity contribution in [3.05, 3.63) is 65.0 Å². The van der Waals surface area contributed by atoms with Crippen molar-refractivity contribution in [2.75, 3.05) is 38.0 Å². The first-order chi connectivity index (χ1) is 18.4. The van der Waals surface area contributed by atoms with E-state index in [9.17, 15) is 9.50 Å². The standard InChI is InChI=1S/C28H35ClFN7O/c1-19-16-20(10-12-32-19)27(31)34-28-33-24-8-4-7-23(29)26(24)37(28)22-6-2-3-14-36(18-22)25(38)9-5-13-35-15-11-21(30)17-35/h4-5,7-10,12,16,21-22,25,38H,2-3,6,11,13-15,17-18H2,1H3,(H2,31,33,34)/b9-5+/t21-,22-,25?/m1/s1. The molecule has 1 aromatic carbocycles. The lowest BCUT2D eigenvalue weighted by atomic mass is 10.1. The summed E-state index contributed by atoms with van der Waals surface area (Å²) in [5.41, 5.74) is 3.14. The van der Waals surface area contributed by atoms with E-state index in [2.05, 4.69) is 24.7 Å². The van der Waals surface area contributed by atoms with Crippen molar-refractivity contribution in [2.24, 2.45) is 0 Å². The molecule has 0 bridgehead atoms. The molecule has 2 saturated heterocycles. The van der Waals surface area contributed by atoms with Crippen LogP contribution in [0, 0.1) is 12.3 Å². The van der Waals surface area contributed by atoms with Gasteiger partial charge >= 0.3 is 0 Å². The fraction of sp³-hybridized carbons (Fsp3) is 0.464. The fourth-order valence-corrected chi connectivity index (χ4v) is 5.70. The Bertz CT molecular complexity index is 1310. The molecule has 8 nitrogen and oxygen atoms in total. The van der Waals surface area contributed by atoms with Crippen molar-refractivity contribution in [3.8, 4) is 0 Å². The molecule has 0 aliphatic carbocycles. The second-order valence-corrected chi connectivity index (χ2v) is 10.6. The molecular formula is C28H35ClFN7O. The smallest absolute Gasteiger partial charge is 0.209 e. The summed E-state index contributed by atoms with van der Waals surface area (Å²) in [6.45, 7) is 5.13. The predicted molar refractivity (Wildman–Crippen MR) is 150 cm³/mol. The number of aromatic nitrogens is 3. The van der Waals surface area contributed by atoms with Gasteiger partial charge in [0, 0.05) is 50.2 Å². The van der Waals surface area contributed by atoms with Crippen molar-refractivity contribution < 1.29 is 9.50 Å². The van der Waals surface area contributed by atoms with Gasteiger partial charge in [-0.25, -0.2) is 9.37 Å². The van der Waals surface area contributed by atoms with Crippen LogP contribution in [0.2, 0.25) is 5.02 Å². The predicted octanol–water partition coefficient (Wildman–Crippen LogP) is 4.78. The van der Waals surface area contributed by atoms with Gasteiger partial charge in [-0.1, -0.05) is 30.2 Å². The van der Waals surface area contributed by atoms with Gasteiger partial charge in [0.25, 0.3) is 0 Å². The summed E-state index contributed by atoms with van der Waals surface area (Å²) in [6, 6.07) is 9.31. The number of rotatable bonds is 7. The van der Waals surface area contributed by atoms with Crippen molar-refractivity contribution in [1.29, 1.82) is 5.41 Å². The Labute approximate surface area is 227 Å². The van der Waals surface area contributed by atoms with Crippen LogP contribution in [0.3, 0.4) is 0 Å². The van der Waals surface area contributed by atoms with Crippen LogP contribution in [-0.2, 0) is 0 Å². The fourth-order valence-electron chi connectivity index (χ4n) is 5.44. The molecule has 3 atom stereocenters. The van der Waals surface area contributed by atoms with Gasteiger partial charge in [0.2, 0.25) is 5.95 Å². The zero-order valence-electron chi connectivity index (χ0n) is 21.7. The van der Waals surface area contributed by atoms with Crippen LogP contribution < -0.4 is 5.32 Å². The number of aliphatic hydroxyl groups is 1. The number of hydrogen-bond acceptors (Lipinski definition) is 6. The first-order valence-electron chi connectivity index (χ1n) is 13.3. The lowest BCUT2D eigenvalue weighted by Crippen LogP contribution is -2.38. The molecule has 1 unspecified atom stereocenters. The van der Waals surface area contributed by atoms with E-state index in [0.717, 1.165) is 54.6 Å². The van der Waals surface area contributed by atoms with Crippen molar-refractivity contribution in [3.63, 3.8) is 0 Å². The van der Waals surface area contributed by atoms with Gasteiger partial charge < -0.3 is 15.0 Å². The zero-order valence-corrected chi connectivity index (χ0v) is 22.4. The SMILES string of the molecule is Cc1cc(C(=N)Nc2nc3cccc(Cl)c3n2[C@@H]2CCCCN(C(O)/C=C/CN3CC[C@@H](F)C3)C2)ccn1. The number of aryl methyl sites for hydroxylation is 1. The third-order valence-corrected chi connectivity index (χ3v) is 7.69. The van der Waals surface area contributed by atoms with Gasteiger partial charge in [0.1, 0.15) is 18.2 Å². The Balaban J connectivity index is 1.39. The molecule has 2 aliphatic heterocycles. The quantitative estimate of drug-likeness (QED) is 0.227. The Hall–Kier alpha value is -2.85. The minimum atomic E-state index is -0.747. The lowest BCUT2D eigenvalue weighted by molar-refractivity contribution is 0.0366. The first kappa shape index (κ1) is 26.7. The van der Waals surface area contributed by atoms with Gasteiger partial charge in [0.15, 0.2) is 0 Å². The number of amidine groups is 1. The van der Waals surface area contributed by atoms with E-state index in [0.29, 0.717) is 37.0 Å². The second kappa shape index (κ2) is 11.9. The number of anilines is 1. The number of nitrogens with zero attached hydrogens (tertiary/aromatic N) is 5. The van der Waals surface area contributed by atoms with E-state index in [-0.39, 0.29) is 11.9 Å². The molecular weight excluding hydrogens is 505 g/mol. The Morgan fingerprint density at radius 3 is 2.92 bits per heavy atom. The topological polar surface area (TPSA) is 93.3 Å². The third kappa shape index (κ3) is 6.07. The maximum Gasteiger partial charge on any atom is 0.209 e. The van der Waals surface area contributed by atoms with E-state index in [4.69, 9.17) is 22.0 Å². The maximum atomic E-state index is 13.5. The number of para-hydroxylation sites is 1. The van der Waals surface area contributed by atoms with Gasteiger partial charge in [-0.3, -0.25) is 20.2 Å². The zero-order chi connectivity index (χ0) is 26.6. The molecule has 5 rings (SSSR count). The summed E-state index contributed by atoms with van der Waals surface area (Å²) < 4.78 is 15.6. The van der Waals surface area contributed by atoms with E-state index in [1.165, 1.54) is 0 Å². The molecule has 2 aliphatic rings. The number of halogens is 2. The number of likely N-dealkylation sites (tertiary alicyclic amines) is 2. The molecule has 2 fully saturated rings. The molecule has 202 valence electrons. The third-order valence-electron chi connectivity index (χ3n) is 7.39. The minimum absolute atomic E-state index is 0.00851. The Kier molecular flexibility index (Phi) is 8.38. The monoisotopic (exact) mass is 539 g/mol. The van der Waals surface area contributed by atoms with Gasteiger partial charge in [-0.2, -0.15) is 0 Å². The van der Waals surface area contributed by atoms with Crippen LogP contribution in [0.4, 0.5) is 10.3 Å².